The molecule has 4 heteroatoms. The van der Waals surface area contributed by atoms with Gasteiger partial charge in [0.15, 0.2) is 0 Å². The molecule has 2 aromatic rings. The van der Waals surface area contributed by atoms with Crippen LogP contribution in [0.2, 0.25) is 0 Å². The van der Waals surface area contributed by atoms with Crippen molar-refractivity contribution in [3.63, 3.8) is 0 Å². The third-order valence-corrected chi connectivity index (χ3v) is 3.72. The molecule has 114 valence electrons. The van der Waals surface area contributed by atoms with Crippen LogP contribution in [0.15, 0.2) is 28.9 Å². The highest BCUT2D eigenvalue weighted by Crippen LogP contribution is 2.26. The predicted molar refractivity (Wildman–Crippen MR) is 83.6 cm³/mol. The molecule has 0 atom stereocenters. The maximum atomic E-state index is 12.4. The Morgan fingerprint density at radius 3 is 2.81 bits per heavy atom. The molecule has 0 bridgehead atoms. The molecule has 0 saturated heterocycles. The van der Waals surface area contributed by atoms with E-state index in [2.05, 4.69) is 6.92 Å². The first kappa shape index (κ1) is 15.4. The summed E-state index contributed by atoms with van der Waals surface area (Å²) in [6.45, 7) is 5.74. The van der Waals surface area contributed by atoms with E-state index in [1.54, 1.807) is 13.4 Å². The summed E-state index contributed by atoms with van der Waals surface area (Å²) in [6.07, 6.45) is 4.20. The van der Waals surface area contributed by atoms with Crippen LogP contribution in [0.3, 0.4) is 0 Å². The number of hydrogen-bond acceptors (Lipinski definition) is 3. The van der Waals surface area contributed by atoms with Gasteiger partial charge < -0.3 is 14.1 Å². The van der Waals surface area contributed by atoms with Gasteiger partial charge in [-0.3, -0.25) is 4.79 Å². The van der Waals surface area contributed by atoms with Gasteiger partial charge in [0.1, 0.15) is 11.3 Å². The number of fused-ring (bicyclic) bond motifs is 1. The lowest BCUT2D eigenvalue weighted by molar-refractivity contribution is -0.130. The Morgan fingerprint density at radius 1 is 1.33 bits per heavy atom. The molecule has 4 nitrogen and oxygen atoms in total. The van der Waals surface area contributed by atoms with Gasteiger partial charge in [-0.25, -0.2) is 0 Å². The van der Waals surface area contributed by atoms with E-state index in [0.29, 0.717) is 6.42 Å². The SMILES string of the molecule is CCCCN(CC)C(=O)Cc1coc2cc(OC)ccc12. The van der Waals surface area contributed by atoms with Crippen LogP contribution >= 0.6 is 0 Å². The Hall–Kier alpha value is -1.97. The van der Waals surface area contributed by atoms with Crippen LogP contribution in [-0.2, 0) is 11.2 Å². The van der Waals surface area contributed by atoms with E-state index in [1.165, 1.54) is 0 Å². The number of amides is 1. The van der Waals surface area contributed by atoms with Crippen molar-refractivity contribution in [3.8, 4) is 5.75 Å². The molecule has 0 fully saturated rings. The maximum absolute atomic E-state index is 12.4. The predicted octanol–water partition coefficient (Wildman–Crippen LogP) is 3.63. The van der Waals surface area contributed by atoms with Crippen LogP contribution < -0.4 is 4.74 Å². The molecule has 0 N–H and O–H groups in total. The van der Waals surface area contributed by atoms with Gasteiger partial charge >= 0.3 is 0 Å². The van der Waals surface area contributed by atoms with Crippen LogP contribution in [0.4, 0.5) is 0 Å². The number of methoxy groups -OCH3 is 1. The zero-order chi connectivity index (χ0) is 15.2. The molecule has 1 heterocycles. The van der Waals surface area contributed by atoms with Crippen molar-refractivity contribution in [2.45, 2.75) is 33.1 Å². The van der Waals surface area contributed by atoms with Crippen LogP contribution in [0.5, 0.6) is 5.75 Å². The van der Waals surface area contributed by atoms with E-state index in [0.717, 1.165) is 48.2 Å². The summed E-state index contributed by atoms with van der Waals surface area (Å²) >= 11 is 0. The monoisotopic (exact) mass is 289 g/mol. The van der Waals surface area contributed by atoms with E-state index in [9.17, 15) is 4.79 Å². The second-order valence-electron chi connectivity index (χ2n) is 5.13. The van der Waals surface area contributed by atoms with Gasteiger partial charge in [0, 0.05) is 30.1 Å². The zero-order valence-corrected chi connectivity index (χ0v) is 13.0. The summed E-state index contributed by atoms with van der Waals surface area (Å²) in [5.41, 5.74) is 1.70. The molecule has 1 aromatic carbocycles. The third-order valence-electron chi connectivity index (χ3n) is 3.72. The fraction of sp³-hybridized carbons (Fsp3) is 0.471. The Labute approximate surface area is 125 Å². The van der Waals surface area contributed by atoms with Crippen molar-refractivity contribution in [2.24, 2.45) is 0 Å². The first-order chi connectivity index (χ1) is 10.2. The number of rotatable bonds is 7. The number of likely N-dealkylation sites (N-methyl/N-ethyl adjacent to an activating group) is 1. The molecule has 0 unspecified atom stereocenters. The minimum atomic E-state index is 0.157. The van der Waals surface area contributed by atoms with Gasteiger partial charge in [0.25, 0.3) is 0 Å². The highest BCUT2D eigenvalue weighted by atomic mass is 16.5. The minimum absolute atomic E-state index is 0.157. The first-order valence-corrected chi connectivity index (χ1v) is 7.51. The van der Waals surface area contributed by atoms with Crippen LogP contribution in [0.1, 0.15) is 32.3 Å². The summed E-state index contributed by atoms with van der Waals surface area (Å²) in [5.74, 6) is 0.914. The van der Waals surface area contributed by atoms with Gasteiger partial charge in [-0.15, -0.1) is 0 Å². The molecule has 0 aliphatic heterocycles. The van der Waals surface area contributed by atoms with Crippen molar-refractivity contribution >= 4 is 16.9 Å². The van der Waals surface area contributed by atoms with Gasteiger partial charge in [-0.05, 0) is 25.5 Å². The number of ether oxygens (including phenoxy) is 1. The molecule has 0 aliphatic carbocycles. The second-order valence-corrected chi connectivity index (χ2v) is 5.13. The first-order valence-electron chi connectivity index (χ1n) is 7.51. The topological polar surface area (TPSA) is 42.7 Å². The van der Waals surface area contributed by atoms with E-state index in [-0.39, 0.29) is 5.91 Å². The number of unbranched alkanes of at least 4 members (excludes halogenated alkanes) is 1. The Kier molecular flexibility index (Phi) is 5.26. The number of furan rings is 1. The van der Waals surface area contributed by atoms with Crippen molar-refractivity contribution in [1.82, 2.24) is 4.90 Å². The van der Waals surface area contributed by atoms with Crippen LogP contribution in [-0.4, -0.2) is 31.0 Å². The molecule has 1 aromatic heterocycles. The Bertz CT molecular complexity index is 603. The molecular weight excluding hydrogens is 266 g/mol. The minimum Gasteiger partial charge on any atom is -0.497 e. The summed E-state index contributed by atoms with van der Waals surface area (Å²) in [4.78, 5) is 14.3. The largest absolute Gasteiger partial charge is 0.497 e. The van der Waals surface area contributed by atoms with Gasteiger partial charge in [0.2, 0.25) is 5.91 Å². The van der Waals surface area contributed by atoms with Crippen LogP contribution in [0, 0.1) is 0 Å². The van der Waals surface area contributed by atoms with E-state index in [1.807, 2.05) is 30.0 Å². The number of carbonyl (C=O) groups excluding carboxylic acids is 1. The van der Waals surface area contributed by atoms with Crippen molar-refractivity contribution < 1.29 is 13.9 Å². The lowest BCUT2D eigenvalue weighted by Gasteiger charge is -2.20. The summed E-state index contributed by atoms with van der Waals surface area (Å²) < 4.78 is 10.7. The number of hydrogen-bond donors (Lipinski definition) is 0. The number of benzene rings is 1. The Balaban J connectivity index is 2.13. The fourth-order valence-electron chi connectivity index (χ4n) is 2.41. The molecule has 0 aliphatic rings. The Morgan fingerprint density at radius 2 is 2.14 bits per heavy atom. The zero-order valence-electron chi connectivity index (χ0n) is 13.0. The third kappa shape index (κ3) is 3.57. The molecule has 2 rings (SSSR count). The fourth-order valence-corrected chi connectivity index (χ4v) is 2.41. The standard InChI is InChI=1S/C17H23NO3/c1-4-6-9-18(5-2)17(19)10-13-12-21-16-11-14(20-3)7-8-15(13)16/h7-8,11-12H,4-6,9-10H2,1-3H3. The molecule has 21 heavy (non-hydrogen) atoms. The number of carbonyl (C=O) groups is 1. The average Bonchev–Trinajstić information content (AvgIpc) is 2.90. The number of nitrogens with zero attached hydrogens (tertiary/aromatic N) is 1. The van der Waals surface area contributed by atoms with Gasteiger partial charge in [-0.1, -0.05) is 13.3 Å². The van der Waals surface area contributed by atoms with Gasteiger partial charge in [-0.2, -0.15) is 0 Å². The van der Waals surface area contributed by atoms with Gasteiger partial charge in [0.05, 0.1) is 19.8 Å². The highest BCUT2D eigenvalue weighted by molar-refractivity contribution is 5.88. The normalized spacial score (nSPS) is 10.8. The average molecular weight is 289 g/mol. The lowest BCUT2D eigenvalue weighted by atomic mass is 10.1. The molecule has 0 saturated carbocycles. The lowest BCUT2D eigenvalue weighted by Crippen LogP contribution is -2.32. The quantitative estimate of drug-likeness (QED) is 0.781. The van der Waals surface area contributed by atoms with Crippen molar-refractivity contribution in [1.29, 1.82) is 0 Å². The molecular formula is C17H23NO3. The van der Waals surface area contributed by atoms with Crippen molar-refractivity contribution in [2.75, 3.05) is 20.2 Å². The summed E-state index contributed by atoms with van der Waals surface area (Å²) in [5, 5.41) is 0.982. The summed E-state index contributed by atoms with van der Waals surface area (Å²) in [6, 6.07) is 5.68. The molecule has 1 amide bonds. The molecule has 0 spiro atoms. The smallest absolute Gasteiger partial charge is 0.227 e. The maximum Gasteiger partial charge on any atom is 0.227 e. The molecule has 0 radical (unpaired) electrons. The van der Waals surface area contributed by atoms with E-state index >= 15 is 0 Å². The second kappa shape index (κ2) is 7.16. The van der Waals surface area contributed by atoms with Crippen molar-refractivity contribution in [3.05, 3.63) is 30.0 Å². The highest BCUT2D eigenvalue weighted by Gasteiger charge is 2.15. The van der Waals surface area contributed by atoms with E-state index in [4.69, 9.17) is 9.15 Å². The van der Waals surface area contributed by atoms with E-state index < -0.39 is 0 Å². The summed E-state index contributed by atoms with van der Waals surface area (Å²) in [7, 11) is 1.63. The van der Waals surface area contributed by atoms with Crippen LogP contribution in [0.25, 0.3) is 11.0 Å².